The first kappa shape index (κ1) is 16.5. The average molecular weight is 349 g/mol. The van der Waals surface area contributed by atoms with E-state index >= 15 is 0 Å². The highest BCUT2D eigenvalue weighted by molar-refractivity contribution is 5.78. The molecule has 26 heavy (non-hydrogen) atoms. The molecule has 0 unspecified atom stereocenters. The lowest BCUT2D eigenvalue weighted by Crippen LogP contribution is -2.26. The molecule has 0 bridgehead atoms. The van der Waals surface area contributed by atoms with Crippen LogP contribution >= 0.6 is 0 Å². The molecule has 1 aromatic carbocycles. The number of rotatable bonds is 4. The van der Waals surface area contributed by atoms with E-state index in [1.807, 2.05) is 28.8 Å². The summed E-state index contributed by atoms with van der Waals surface area (Å²) in [7, 11) is 1.66. The SMILES string of the molecule is COc1cccc(-c2nc3c(C#N)c[nH]n3c2NC2CCC(C)CC2)c1. The molecule has 2 heterocycles. The zero-order chi connectivity index (χ0) is 18.1. The molecule has 0 amide bonds. The van der Waals surface area contributed by atoms with Crippen LogP contribution in [0.5, 0.6) is 5.75 Å². The largest absolute Gasteiger partial charge is 0.497 e. The molecule has 6 nitrogen and oxygen atoms in total. The number of H-pyrrole nitrogens is 1. The van der Waals surface area contributed by atoms with E-state index in [0.29, 0.717) is 17.3 Å². The average Bonchev–Trinajstić information content (AvgIpc) is 3.23. The van der Waals surface area contributed by atoms with Gasteiger partial charge in [0, 0.05) is 17.8 Å². The Morgan fingerprint density at radius 2 is 2.12 bits per heavy atom. The van der Waals surface area contributed by atoms with E-state index in [-0.39, 0.29) is 0 Å². The number of aromatic nitrogens is 3. The fourth-order valence-corrected chi connectivity index (χ4v) is 3.71. The van der Waals surface area contributed by atoms with Crippen LogP contribution in [0.25, 0.3) is 16.9 Å². The maximum absolute atomic E-state index is 9.36. The van der Waals surface area contributed by atoms with Crippen LogP contribution in [0.2, 0.25) is 0 Å². The first-order valence-corrected chi connectivity index (χ1v) is 9.10. The standard InChI is InChI=1S/C20H23N5O/c1-13-6-8-16(9-7-13)23-20-18(14-4-3-5-17(10-14)26-2)24-19-15(11-21)12-22-25(19)20/h3-5,10,12-13,16,22-23H,6-9H2,1-2H3. The molecule has 6 heteroatoms. The van der Waals surface area contributed by atoms with Gasteiger partial charge in [-0.25, -0.2) is 9.50 Å². The summed E-state index contributed by atoms with van der Waals surface area (Å²) < 4.78 is 7.24. The predicted octanol–water partition coefficient (Wildman–Crippen LogP) is 4.20. The molecule has 1 aliphatic carbocycles. The zero-order valence-corrected chi connectivity index (χ0v) is 15.1. The molecule has 2 aromatic heterocycles. The second kappa shape index (κ2) is 6.75. The summed E-state index contributed by atoms with van der Waals surface area (Å²) in [5.41, 5.74) is 3.00. The van der Waals surface area contributed by atoms with Gasteiger partial charge >= 0.3 is 0 Å². The van der Waals surface area contributed by atoms with Crippen LogP contribution < -0.4 is 10.1 Å². The zero-order valence-electron chi connectivity index (χ0n) is 15.1. The summed E-state index contributed by atoms with van der Waals surface area (Å²) in [6.45, 7) is 2.32. The third-order valence-corrected chi connectivity index (χ3v) is 5.28. The van der Waals surface area contributed by atoms with Gasteiger partial charge in [0.05, 0.1) is 7.11 Å². The number of anilines is 1. The maximum atomic E-state index is 9.36. The Bertz CT molecular complexity index is 956. The molecular formula is C20H23N5O. The van der Waals surface area contributed by atoms with Gasteiger partial charge in [0.2, 0.25) is 0 Å². The van der Waals surface area contributed by atoms with Crippen molar-refractivity contribution in [2.75, 3.05) is 12.4 Å². The molecule has 1 aliphatic rings. The summed E-state index contributed by atoms with van der Waals surface area (Å²) in [5.74, 6) is 2.50. The highest BCUT2D eigenvalue weighted by Gasteiger charge is 2.23. The molecule has 134 valence electrons. The Morgan fingerprint density at radius 3 is 2.85 bits per heavy atom. The van der Waals surface area contributed by atoms with Gasteiger partial charge in [0.15, 0.2) is 11.5 Å². The number of hydrogen-bond acceptors (Lipinski definition) is 4. The van der Waals surface area contributed by atoms with Gasteiger partial charge in [-0.15, -0.1) is 0 Å². The highest BCUT2D eigenvalue weighted by Crippen LogP contribution is 2.34. The fourth-order valence-electron chi connectivity index (χ4n) is 3.71. The number of ether oxygens (including phenoxy) is 1. The predicted molar refractivity (Wildman–Crippen MR) is 101 cm³/mol. The van der Waals surface area contributed by atoms with Crippen LogP contribution in [0.4, 0.5) is 5.82 Å². The van der Waals surface area contributed by atoms with Crippen LogP contribution in [0.1, 0.15) is 38.2 Å². The summed E-state index contributed by atoms with van der Waals surface area (Å²) >= 11 is 0. The van der Waals surface area contributed by atoms with Crippen LogP contribution in [0.15, 0.2) is 30.5 Å². The van der Waals surface area contributed by atoms with E-state index in [9.17, 15) is 5.26 Å². The Balaban J connectivity index is 1.78. The van der Waals surface area contributed by atoms with Gasteiger partial charge in [0.1, 0.15) is 23.1 Å². The van der Waals surface area contributed by atoms with Gasteiger partial charge in [0.25, 0.3) is 0 Å². The first-order valence-electron chi connectivity index (χ1n) is 9.10. The van der Waals surface area contributed by atoms with E-state index in [0.717, 1.165) is 41.6 Å². The molecule has 2 N–H and O–H groups in total. The Kier molecular flexibility index (Phi) is 4.29. The van der Waals surface area contributed by atoms with Crippen LogP contribution in [-0.2, 0) is 0 Å². The second-order valence-corrected chi connectivity index (χ2v) is 7.10. The van der Waals surface area contributed by atoms with E-state index in [1.54, 1.807) is 13.3 Å². The molecule has 0 saturated heterocycles. The molecule has 3 aromatic rings. The quantitative estimate of drug-likeness (QED) is 0.740. The van der Waals surface area contributed by atoms with Crippen molar-refractivity contribution >= 4 is 11.5 Å². The van der Waals surface area contributed by atoms with Crippen LogP contribution in [0.3, 0.4) is 0 Å². The number of nitrogens with zero attached hydrogens (tertiary/aromatic N) is 3. The van der Waals surface area contributed by atoms with Crippen molar-refractivity contribution in [1.29, 1.82) is 5.26 Å². The molecule has 1 saturated carbocycles. The van der Waals surface area contributed by atoms with Crippen molar-refractivity contribution in [1.82, 2.24) is 14.6 Å². The van der Waals surface area contributed by atoms with Gasteiger partial charge in [-0.05, 0) is 43.7 Å². The lowest BCUT2D eigenvalue weighted by Gasteiger charge is -2.27. The van der Waals surface area contributed by atoms with Gasteiger partial charge < -0.3 is 10.1 Å². The summed E-state index contributed by atoms with van der Waals surface area (Å²) in [6, 6.07) is 10.5. The summed E-state index contributed by atoms with van der Waals surface area (Å²) in [5, 5.41) is 16.2. The number of methoxy groups -OCH3 is 1. The molecule has 0 atom stereocenters. The van der Waals surface area contributed by atoms with Crippen molar-refractivity contribution in [2.24, 2.45) is 5.92 Å². The third-order valence-electron chi connectivity index (χ3n) is 5.28. The molecule has 4 rings (SSSR count). The molecule has 0 radical (unpaired) electrons. The van der Waals surface area contributed by atoms with Crippen LogP contribution in [-0.4, -0.2) is 27.7 Å². The van der Waals surface area contributed by atoms with Crippen molar-refractivity contribution in [3.05, 3.63) is 36.0 Å². The number of hydrogen-bond donors (Lipinski definition) is 2. The molecule has 1 fully saturated rings. The Hall–Kier alpha value is -2.94. The first-order chi connectivity index (χ1) is 12.7. The third kappa shape index (κ3) is 2.90. The monoisotopic (exact) mass is 349 g/mol. The van der Waals surface area contributed by atoms with E-state index < -0.39 is 0 Å². The minimum absolute atomic E-state index is 0.421. The van der Waals surface area contributed by atoms with Crippen molar-refractivity contribution in [3.8, 4) is 23.1 Å². The Labute approximate surface area is 152 Å². The minimum Gasteiger partial charge on any atom is -0.497 e. The number of fused-ring (bicyclic) bond motifs is 1. The molecule has 0 spiro atoms. The van der Waals surface area contributed by atoms with E-state index in [1.165, 1.54) is 12.8 Å². The number of aromatic amines is 1. The highest BCUT2D eigenvalue weighted by atomic mass is 16.5. The van der Waals surface area contributed by atoms with Gasteiger partial charge in [-0.2, -0.15) is 5.26 Å². The molecular weight excluding hydrogens is 326 g/mol. The fraction of sp³-hybridized carbons (Fsp3) is 0.400. The molecule has 0 aliphatic heterocycles. The van der Waals surface area contributed by atoms with Crippen molar-refractivity contribution in [3.63, 3.8) is 0 Å². The summed E-state index contributed by atoms with van der Waals surface area (Å²) in [6.07, 6.45) is 6.48. The normalized spacial score (nSPS) is 20.0. The van der Waals surface area contributed by atoms with Crippen LogP contribution in [0, 0.1) is 17.2 Å². The van der Waals surface area contributed by atoms with Gasteiger partial charge in [-0.3, -0.25) is 5.10 Å². The summed E-state index contributed by atoms with van der Waals surface area (Å²) in [4.78, 5) is 4.76. The van der Waals surface area contributed by atoms with Crippen molar-refractivity contribution in [2.45, 2.75) is 38.6 Å². The minimum atomic E-state index is 0.421. The van der Waals surface area contributed by atoms with Gasteiger partial charge in [-0.1, -0.05) is 19.1 Å². The van der Waals surface area contributed by atoms with E-state index in [2.05, 4.69) is 23.4 Å². The smallest absolute Gasteiger partial charge is 0.173 e. The number of benzene rings is 1. The topological polar surface area (TPSA) is 78.1 Å². The number of nitriles is 1. The lowest BCUT2D eigenvalue weighted by atomic mass is 9.87. The second-order valence-electron chi connectivity index (χ2n) is 7.10. The van der Waals surface area contributed by atoms with E-state index in [4.69, 9.17) is 9.72 Å². The maximum Gasteiger partial charge on any atom is 0.173 e. The van der Waals surface area contributed by atoms with Crippen molar-refractivity contribution < 1.29 is 4.74 Å². The number of imidazole rings is 1. The lowest BCUT2D eigenvalue weighted by molar-refractivity contribution is 0.360. The Morgan fingerprint density at radius 1 is 1.31 bits per heavy atom. The number of nitrogens with one attached hydrogen (secondary N) is 2.